The third kappa shape index (κ3) is 3.17. The number of fused-ring (bicyclic) bond motifs is 1. The van der Waals surface area contributed by atoms with Crippen molar-refractivity contribution in [3.8, 4) is 5.75 Å². The number of nitrogens with one attached hydrogen (secondary N) is 1. The first-order valence-corrected chi connectivity index (χ1v) is 9.13. The summed E-state index contributed by atoms with van der Waals surface area (Å²) < 4.78 is 6.31. The maximum Gasteiger partial charge on any atom is 0.322 e. The fourth-order valence-electron chi connectivity index (χ4n) is 3.17. The van der Waals surface area contributed by atoms with E-state index in [9.17, 15) is 4.79 Å². The lowest BCUT2D eigenvalue weighted by Gasteiger charge is -2.23. The first-order valence-electron chi connectivity index (χ1n) is 8.32. The van der Waals surface area contributed by atoms with Crippen molar-refractivity contribution >= 4 is 33.3 Å². The Balaban J connectivity index is 1.52. The van der Waals surface area contributed by atoms with Crippen LogP contribution in [0.25, 0.3) is 10.2 Å². The average molecular weight is 353 g/mol. The van der Waals surface area contributed by atoms with E-state index in [0.29, 0.717) is 0 Å². The number of carbonyl (C=O) groups excluding carboxylic acids is 1. The number of para-hydroxylation sites is 1. The summed E-state index contributed by atoms with van der Waals surface area (Å²) in [6, 6.07) is 15.5. The van der Waals surface area contributed by atoms with Gasteiger partial charge in [-0.3, -0.25) is 0 Å². The van der Waals surface area contributed by atoms with Crippen LogP contribution in [0.5, 0.6) is 5.75 Å². The fourth-order valence-corrected chi connectivity index (χ4v) is 4.28. The molecule has 3 aromatic rings. The molecule has 25 heavy (non-hydrogen) atoms. The average Bonchev–Trinajstić information content (AvgIpc) is 3.28. The van der Waals surface area contributed by atoms with Crippen molar-refractivity contribution in [2.24, 2.45) is 0 Å². The molecule has 6 heteroatoms. The molecule has 2 amide bonds. The van der Waals surface area contributed by atoms with E-state index >= 15 is 0 Å². The van der Waals surface area contributed by atoms with Gasteiger partial charge in [0.1, 0.15) is 10.8 Å². The Morgan fingerprint density at radius 2 is 2.04 bits per heavy atom. The summed E-state index contributed by atoms with van der Waals surface area (Å²) in [6.07, 6.45) is 1.95. The van der Waals surface area contributed by atoms with Gasteiger partial charge in [0.05, 0.1) is 23.4 Å². The van der Waals surface area contributed by atoms with E-state index in [1.54, 1.807) is 18.4 Å². The van der Waals surface area contributed by atoms with Gasteiger partial charge >= 0.3 is 6.03 Å². The number of rotatable bonds is 3. The van der Waals surface area contributed by atoms with Crippen LogP contribution >= 0.6 is 11.3 Å². The van der Waals surface area contributed by atoms with Gasteiger partial charge in [0.25, 0.3) is 0 Å². The molecule has 1 saturated heterocycles. The van der Waals surface area contributed by atoms with Crippen LogP contribution < -0.4 is 10.1 Å². The number of likely N-dealkylation sites (tertiary alicyclic amines) is 1. The van der Waals surface area contributed by atoms with Gasteiger partial charge in [0, 0.05) is 12.2 Å². The van der Waals surface area contributed by atoms with Gasteiger partial charge in [0.15, 0.2) is 0 Å². The highest BCUT2D eigenvalue weighted by atomic mass is 32.1. The van der Waals surface area contributed by atoms with Gasteiger partial charge in [-0.25, -0.2) is 9.78 Å². The molecule has 128 valence electrons. The van der Waals surface area contributed by atoms with E-state index in [1.807, 2.05) is 47.4 Å². The maximum absolute atomic E-state index is 12.7. The number of methoxy groups -OCH3 is 1. The van der Waals surface area contributed by atoms with E-state index in [4.69, 9.17) is 9.72 Å². The number of anilines is 1. The molecule has 0 saturated carbocycles. The number of aromatic nitrogens is 1. The van der Waals surface area contributed by atoms with Crippen molar-refractivity contribution in [1.82, 2.24) is 9.88 Å². The van der Waals surface area contributed by atoms with Crippen molar-refractivity contribution in [1.29, 1.82) is 0 Å². The number of benzene rings is 2. The molecule has 1 atom stereocenters. The molecule has 0 unspecified atom stereocenters. The Labute approximate surface area is 150 Å². The Morgan fingerprint density at radius 3 is 2.80 bits per heavy atom. The van der Waals surface area contributed by atoms with Gasteiger partial charge in [-0.05, 0) is 49.2 Å². The number of ether oxygens (including phenoxy) is 1. The lowest BCUT2D eigenvalue weighted by Crippen LogP contribution is -2.34. The zero-order valence-electron chi connectivity index (χ0n) is 13.9. The van der Waals surface area contributed by atoms with E-state index in [1.165, 1.54) is 4.70 Å². The van der Waals surface area contributed by atoms with E-state index < -0.39 is 0 Å². The summed E-state index contributed by atoms with van der Waals surface area (Å²) in [6.45, 7) is 0.753. The highest BCUT2D eigenvalue weighted by Gasteiger charge is 2.32. The monoisotopic (exact) mass is 353 g/mol. The van der Waals surface area contributed by atoms with Gasteiger partial charge in [0.2, 0.25) is 0 Å². The minimum absolute atomic E-state index is 0.0515. The highest BCUT2D eigenvalue weighted by molar-refractivity contribution is 7.18. The maximum atomic E-state index is 12.7. The molecule has 1 aliphatic rings. The minimum atomic E-state index is -0.0769. The number of carbonyl (C=O) groups is 1. The van der Waals surface area contributed by atoms with Crippen LogP contribution in [0.4, 0.5) is 10.5 Å². The Morgan fingerprint density at radius 1 is 1.24 bits per heavy atom. The number of hydrogen-bond acceptors (Lipinski definition) is 4. The number of nitrogens with zero attached hydrogens (tertiary/aromatic N) is 2. The van der Waals surface area contributed by atoms with Crippen molar-refractivity contribution in [3.63, 3.8) is 0 Å². The van der Waals surface area contributed by atoms with Gasteiger partial charge in [-0.1, -0.05) is 12.1 Å². The summed E-state index contributed by atoms with van der Waals surface area (Å²) in [5.74, 6) is 0.770. The van der Waals surface area contributed by atoms with E-state index in [0.717, 1.165) is 41.3 Å². The second kappa shape index (κ2) is 6.72. The molecule has 1 N–H and O–H groups in total. The molecule has 1 aliphatic heterocycles. The van der Waals surface area contributed by atoms with Crippen molar-refractivity contribution in [2.75, 3.05) is 19.0 Å². The van der Waals surface area contributed by atoms with Crippen molar-refractivity contribution < 1.29 is 9.53 Å². The predicted molar refractivity (Wildman–Crippen MR) is 100 cm³/mol. The Bertz CT molecular complexity index is 858. The number of hydrogen-bond donors (Lipinski definition) is 1. The molecule has 0 radical (unpaired) electrons. The summed E-state index contributed by atoms with van der Waals surface area (Å²) >= 11 is 1.68. The molecule has 2 aromatic carbocycles. The van der Waals surface area contributed by atoms with E-state index in [2.05, 4.69) is 11.4 Å². The topological polar surface area (TPSA) is 54.5 Å². The molecule has 0 spiro atoms. The lowest BCUT2D eigenvalue weighted by atomic mass is 10.2. The van der Waals surface area contributed by atoms with Crippen molar-refractivity contribution in [3.05, 3.63) is 53.5 Å². The van der Waals surface area contributed by atoms with Crippen molar-refractivity contribution in [2.45, 2.75) is 18.9 Å². The molecule has 4 rings (SSSR count). The molecule has 5 nitrogen and oxygen atoms in total. The third-order valence-electron chi connectivity index (χ3n) is 4.45. The number of thiazole rings is 1. The normalized spacial score (nSPS) is 17.0. The largest absolute Gasteiger partial charge is 0.497 e. The summed E-state index contributed by atoms with van der Waals surface area (Å²) in [5.41, 5.74) is 1.77. The zero-order valence-corrected chi connectivity index (χ0v) is 14.8. The van der Waals surface area contributed by atoms with Crippen LogP contribution in [0.3, 0.4) is 0 Å². The first-order chi connectivity index (χ1) is 12.2. The molecule has 1 fully saturated rings. The lowest BCUT2D eigenvalue weighted by molar-refractivity contribution is 0.207. The third-order valence-corrected chi connectivity index (χ3v) is 5.59. The Kier molecular flexibility index (Phi) is 4.28. The molecular weight excluding hydrogens is 334 g/mol. The quantitative estimate of drug-likeness (QED) is 0.744. The predicted octanol–water partition coefficient (Wildman–Crippen LogP) is 4.67. The van der Waals surface area contributed by atoms with Crippen LogP contribution in [0.15, 0.2) is 48.5 Å². The summed E-state index contributed by atoms with van der Waals surface area (Å²) in [5, 5.41) is 3.99. The summed E-state index contributed by atoms with van der Waals surface area (Å²) in [7, 11) is 1.63. The zero-order chi connectivity index (χ0) is 17.2. The van der Waals surface area contributed by atoms with Gasteiger partial charge in [-0.2, -0.15) is 0 Å². The minimum Gasteiger partial charge on any atom is -0.497 e. The van der Waals surface area contributed by atoms with Gasteiger partial charge in [-0.15, -0.1) is 11.3 Å². The molecule has 0 bridgehead atoms. The summed E-state index contributed by atoms with van der Waals surface area (Å²) in [4.78, 5) is 19.4. The van der Waals surface area contributed by atoms with Crippen LogP contribution in [0.1, 0.15) is 23.9 Å². The van der Waals surface area contributed by atoms with Gasteiger partial charge < -0.3 is 15.0 Å². The van der Waals surface area contributed by atoms with E-state index in [-0.39, 0.29) is 12.1 Å². The Hall–Kier alpha value is -2.60. The number of urea groups is 1. The second-order valence-corrected chi connectivity index (χ2v) is 7.09. The van der Waals surface area contributed by atoms with Crippen LogP contribution in [-0.2, 0) is 0 Å². The highest BCUT2D eigenvalue weighted by Crippen LogP contribution is 2.36. The number of amides is 2. The molecule has 0 aliphatic carbocycles. The van der Waals surface area contributed by atoms with Crippen LogP contribution in [0.2, 0.25) is 0 Å². The van der Waals surface area contributed by atoms with Crippen LogP contribution in [0, 0.1) is 0 Å². The SMILES string of the molecule is COc1ccc(NC(=O)N2CCC[C@H]2c2nc3ccccc3s2)cc1. The fraction of sp³-hybridized carbons (Fsp3) is 0.263. The molecule has 1 aromatic heterocycles. The standard InChI is InChI=1S/C19H19N3O2S/c1-24-14-10-8-13(9-11-14)20-19(23)22-12-4-6-16(22)18-21-15-5-2-3-7-17(15)25-18/h2-3,5,7-11,16H,4,6,12H2,1H3,(H,20,23)/t16-/m0/s1. The molecular formula is C19H19N3O2S. The second-order valence-electron chi connectivity index (χ2n) is 6.03. The van der Waals surface area contributed by atoms with Crippen LogP contribution in [-0.4, -0.2) is 29.6 Å². The first kappa shape index (κ1) is 15.9. The smallest absolute Gasteiger partial charge is 0.322 e. The molecule has 2 heterocycles.